The third kappa shape index (κ3) is 5.92. The van der Waals surface area contributed by atoms with Gasteiger partial charge in [-0.05, 0) is 55.1 Å². The smallest absolute Gasteiger partial charge is 0.191 e. The van der Waals surface area contributed by atoms with Gasteiger partial charge in [0.1, 0.15) is 5.82 Å². The topological polar surface area (TPSA) is 39.7 Å². The highest BCUT2D eigenvalue weighted by Gasteiger charge is 2.24. The molecule has 0 amide bonds. The van der Waals surface area contributed by atoms with E-state index < -0.39 is 0 Å². The number of hydrogen-bond acceptors (Lipinski definition) is 3. The molecule has 2 heterocycles. The quantitative estimate of drug-likeness (QED) is 0.367. The SMILES string of the molecule is CN=C(NCc1ccc(F)cc1)NCC(c1cccs1)N1CCCC1.I. The number of rotatable bonds is 6. The molecular weight excluding hydrogens is 462 g/mol. The van der Waals surface area contributed by atoms with Crippen LogP contribution in [0.15, 0.2) is 46.8 Å². The zero-order valence-corrected chi connectivity index (χ0v) is 18.1. The first-order valence-corrected chi connectivity index (χ1v) is 9.60. The average molecular weight is 488 g/mol. The maximum absolute atomic E-state index is 13.0. The molecule has 0 spiro atoms. The lowest BCUT2D eigenvalue weighted by Gasteiger charge is -2.27. The molecule has 1 saturated heterocycles. The largest absolute Gasteiger partial charge is 0.354 e. The highest BCUT2D eigenvalue weighted by Crippen LogP contribution is 2.27. The summed E-state index contributed by atoms with van der Waals surface area (Å²) >= 11 is 1.81. The normalized spacial score (nSPS) is 16.2. The first-order valence-electron chi connectivity index (χ1n) is 8.72. The van der Waals surface area contributed by atoms with Gasteiger partial charge in [-0.15, -0.1) is 35.3 Å². The summed E-state index contributed by atoms with van der Waals surface area (Å²) in [6.45, 7) is 3.76. The maximum atomic E-state index is 13.0. The van der Waals surface area contributed by atoms with Crippen LogP contribution in [0.2, 0.25) is 0 Å². The zero-order valence-electron chi connectivity index (χ0n) is 15.0. The van der Waals surface area contributed by atoms with Crippen molar-refractivity contribution in [1.82, 2.24) is 15.5 Å². The highest BCUT2D eigenvalue weighted by atomic mass is 127. The second-order valence-electron chi connectivity index (χ2n) is 6.21. The number of guanidine groups is 1. The summed E-state index contributed by atoms with van der Waals surface area (Å²) in [5, 5.41) is 8.88. The number of nitrogens with one attached hydrogen (secondary N) is 2. The Morgan fingerprint density at radius 3 is 2.54 bits per heavy atom. The predicted octanol–water partition coefficient (Wildman–Crippen LogP) is 4.01. The number of aliphatic imine (C=N–C) groups is 1. The summed E-state index contributed by atoms with van der Waals surface area (Å²) in [5.41, 5.74) is 1.03. The monoisotopic (exact) mass is 488 g/mol. The van der Waals surface area contributed by atoms with E-state index in [4.69, 9.17) is 0 Å². The number of likely N-dealkylation sites (tertiary alicyclic amines) is 1. The van der Waals surface area contributed by atoms with Crippen molar-refractivity contribution < 1.29 is 4.39 Å². The van der Waals surface area contributed by atoms with E-state index in [9.17, 15) is 4.39 Å². The van der Waals surface area contributed by atoms with Gasteiger partial charge in [0.05, 0.1) is 6.04 Å². The lowest BCUT2D eigenvalue weighted by molar-refractivity contribution is 0.249. The Morgan fingerprint density at radius 1 is 1.19 bits per heavy atom. The van der Waals surface area contributed by atoms with E-state index in [0.29, 0.717) is 12.6 Å². The summed E-state index contributed by atoms with van der Waals surface area (Å²) in [4.78, 5) is 8.25. The van der Waals surface area contributed by atoms with Crippen LogP contribution >= 0.6 is 35.3 Å². The number of halogens is 2. The molecule has 0 saturated carbocycles. The number of nitrogens with zero attached hydrogens (tertiary/aromatic N) is 2. The van der Waals surface area contributed by atoms with Gasteiger partial charge in [0.15, 0.2) is 5.96 Å². The van der Waals surface area contributed by atoms with E-state index in [1.165, 1.54) is 29.9 Å². The molecule has 2 aromatic rings. The van der Waals surface area contributed by atoms with Gasteiger partial charge in [0.2, 0.25) is 0 Å². The molecule has 26 heavy (non-hydrogen) atoms. The van der Waals surface area contributed by atoms with E-state index in [1.807, 2.05) is 11.3 Å². The molecule has 0 aliphatic carbocycles. The van der Waals surface area contributed by atoms with Crippen molar-refractivity contribution in [3.63, 3.8) is 0 Å². The third-order valence-corrected chi connectivity index (χ3v) is 5.49. The van der Waals surface area contributed by atoms with E-state index in [2.05, 4.69) is 38.0 Å². The minimum Gasteiger partial charge on any atom is -0.354 e. The fourth-order valence-electron chi connectivity index (χ4n) is 3.15. The van der Waals surface area contributed by atoms with Crippen LogP contribution in [0.1, 0.15) is 29.3 Å². The lowest BCUT2D eigenvalue weighted by atomic mass is 10.2. The summed E-state index contributed by atoms with van der Waals surface area (Å²) in [7, 11) is 1.77. The van der Waals surface area contributed by atoms with Gasteiger partial charge in [-0.2, -0.15) is 0 Å². The molecule has 4 nitrogen and oxygen atoms in total. The van der Waals surface area contributed by atoms with Gasteiger partial charge in [-0.1, -0.05) is 18.2 Å². The second-order valence-corrected chi connectivity index (χ2v) is 7.19. The van der Waals surface area contributed by atoms with Crippen LogP contribution in [0, 0.1) is 5.82 Å². The van der Waals surface area contributed by atoms with Crippen molar-refractivity contribution in [2.24, 2.45) is 4.99 Å². The Morgan fingerprint density at radius 2 is 1.92 bits per heavy atom. The molecule has 1 fully saturated rings. The Labute approximate surface area is 175 Å². The van der Waals surface area contributed by atoms with Crippen molar-refractivity contribution in [1.29, 1.82) is 0 Å². The van der Waals surface area contributed by atoms with Crippen molar-refractivity contribution in [2.45, 2.75) is 25.4 Å². The molecule has 1 aromatic heterocycles. The van der Waals surface area contributed by atoms with Gasteiger partial charge in [0, 0.05) is 25.0 Å². The summed E-state index contributed by atoms with van der Waals surface area (Å²) in [6, 6.07) is 11.2. The summed E-state index contributed by atoms with van der Waals surface area (Å²) < 4.78 is 13.0. The van der Waals surface area contributed by atoms with Crippen molar-refractivity contribution in [3.05, 3.63) is 58.0 Å². The lowest BCUT2D eigenvalue weighted by Crippen LogP contribution is -2.42. The number of thiophene rings is 1. The molecule has 142 valence electrons. The van der Waals surface area contributed by atoms with Crippen molar-refractivity contribution >= 4 is 41.3 Å². The van der Waals surface area contributed by atoms with Crippen molar-refractivity contribution in [2.75, 3.05) is 26.7 Å². The summed E-state index contributed by atoms with van der Waals surface area (Å²) in [6.07, 6.45) is 2.55. The van der Waals surface area contributed by atoms with E-state index in [0.717, 1.165) is 31.2 Å². The average Bonchev–Trinajstić information content (AvgIpc) is 3.33. The molecular formula is C19H26FIN4S. The molecule has 2 N–H and O–H groups in total. The first-order chi connectivity index (χ1) is 12.3. The second kappa shape index (κ2) is 10.8. The van der Waals surface area contributed by atoms with Crippen molar-refractivity contribution in [3.8, 4) is 0 Å². The molecule has 1 atom stereocenters. The number of benzene rings is 1. The first kappa shape index (κ1) is 21.1. The van der Waals surface area contributed by atoms with Crippen LogP contribution in [0.5, 0.6) is 0 Å². The molecule has 1 aliphatic heterocycles. The van der Waals surface area contributed by atoms with E-state index >= 15 is 0 Å². The van der Waals surface area contributed by atoms with Crippen LogP contribution in [0.25, 0.3) is 0 Å². The molecule has 1 unspecified atom stereocenters. The minimum atomic E-state index is -0.212. The van der Waals surface area contributed by atoms with Gasteiger partial charge < -0.3 is 10.6 Å². The van der Waals surface area contributed by atoms with Crippen LogP contribution < -0.4 is 10.6 Å². The Bertz CT molecular complexity index is 669. The third-order valence-electron chi connectivity index (χ3n) is 4.51. The van der Waals surface area contributed by atoms with E-state index in [1.54, 1.807) is 19.2 Å². The van der Waals surface area contributed by atoms with Gasteiger partial charge in [-0.25, -0.2) is 4.39 Å². The minimum absolute atomic E-state index is 0. The Kier molecular flexibility index (Phi) is 8.80. The fourth-order valence-corrected chi connectivity index (χ4v) is 4.01. The van der Waals surface area contributed by atoms with Gasteiger partial charge in [0.25, 0.3) is 0 Å². The zero-order chi connectivity index (χ0) is 17.5. The standard InChI is InChI=1S/C19H25FN4S.HI/c1-21-19(22-13-15-6-8-16(20)9-7-15)23-14-17(18-5-4-12-25-18)24-10-2-3-11-24;/h4-9,12,17H,2-3,10-11,13-14H2,1H3,(H2,21,22,23);1H. The van der Waals surface area contributed by atoms with Crippen LogP contribution in [-0.2, 0) is 6.54 Å². The summed E-state index contributed by atoms with van der Waals surface area (Å²) in [5.74, 6) is 0.556. The van der Waals surface area contributed by atoms with Crippen LogP contribution in [-0.4, -0.2) is 37.5 Å². The highest BCUT2D eigenvalue weighted by molar-refractivity contribution is 14.0. The molecule has 0 radical (unpaired) electrons. The van der Waals surface area contributed by atoms with Gasteiger partial charge in [-0.3, -0.25) is 9.89 Å². The van der Waals surface area contributed by atoms with E-state index in [-0.39, 0.29) is 29.8 Å². The van der Waals surface area contributed by atoms with Crippen LogP contribution in [0.3, 0.4) is 0 Å². The predicted molar refractivity (Wildman–Crippen MR) is 118 cm³/mol. The fraction of sp³-hybridized carbons (Fsp3) is 0.421. The molecule has 0 bridgehead atoms. The Balaban J connectivity index is 0.00000243. The maximum Gasteiger partial charge on any atom is 0.191 e. The molecule has 7 heteroatoms. The van der Waals surface area contributed by atoms with Gasteiger partial charge >= 0.3 is 0 Å². The molecule has 1 aliphatic rings. The number of hydrogen-bond donors (Lipinski definition) is 2. The Hall–Kier alpha value is -1.19. The molecule has 1 aromatic carbocycles. The molecule has 3 rings (SSSR count). The van der Waals surface area contributed by atoms with Crippen LogP contribution in [0.4, 0.5) is 4.39 Å².